The standard InChI is InChI=1S/C14H20BN3O4/c1-13(2)14(3,4)22-15(21-13)9-5-7-10(8-6-9)17-12(20)18-11(16)19/h5-8H,1-4H3,(H4,16,17,18,19,20). The van der Waals surface area contributed by atoms with Crippen molar-refractivity contribution in [1.29, 1.82) is 0 Å². The molecule has 1 aromatic carbocycles. The monoisotopic (exact) mass is 305 g/mol. The van der Waals surface area contributed by atoms with E-state index in [1.165, 1.54) is 0 Å². The summed E-state index contributed by atoms with van der Waals surface area (Å²) in [5.74, 6) is 0. The molecule has 1 aliphatic heterocycles. The van der Waals surface area contributed by atoms with Gasteiger partial charge in [-0.2, -0.15) is 0 Å². The second-order valence-corrected chi connectivity index (χ2v) is 6.15. The minimum Gasteiger partial charge on any atom is -0.399 e. The molecule has 1 fully saturated rings. The first-order chi connectivity index (χ1) is 10.1. The van der Waals surface area contributed by atoms with Crippen molar-refractivity contribution in [3.63, 3.8) is 0 Å². The molecule has 0 atom stereocenters. The molecule has 4 amide bonds. The molecule has 1 heterocycles. The summed E-state index contributed by atoms with van der Waals surface area (Å²) in [6, 6.07) is 5.38. The number of nitrogens with two attached hydrogens (primary N) is 1. The van der Waals surface area contributed by atoms with Gasteiger partial charge in [0.1, 0.15) is 0 Å². The van der Waals surface area contributed by atoms with Gasteiger partial charge in [-0.1, -0.05) is 12.1 Å². The SMILES string of the molecule is CC1(C)OB(c2ccc(NC(=O)NC(N)=O)cc2)OC1(C)C. The lowest BCUT2D eigenvalue weighted by molar-refractivity contribution is 0.00578. The highest BCUT2D eigenvalue weighted by Gasteiger charge is 2.51. The number of hydrogen-bond donors (Lipinski definition) is 3. The summed E-state index contributed by atoms with van der Waals surface area (Å²) >= 11 is 0. The van der Waals surface area contributed by atoms with Crippen LogP contribution >= 0.6 is 0 Å². The minimum atomic E-state index is -0.911. The number of amides is 4. The molecule has 0 radical (unpaired) electrons. The molecule has 0 spiro atoms. The van der Waals surface area contributed by atoms with Crippen LogP contribution in [0.15, 0.2) is 24.3 Å². The number of rotatable bonds is 2. The third kappa shape index (κ3) is 3.40. The van der Waals surface area contributed by atoms with E-state index in [-0.39, 0.29) is 0 Å². The number of anilines is 1. The first-order valence-corrected chi connectivity index (χ1v) is 6.94. The van der Waals surface area contributed by atoms with E-state index in [0.717, 1.165) is 5.46 Å². The molecule has 0 aliphatic carbocycles. The molecule has 1 aliphatic rings. The Hall–Kier alpha value is -2.06. The van der Waals surface area contributed by atoms with Gasteiger partial charge in [0.2, 0.25) is 0 Å². The molecule has 8 heteroatoms. The molecule has 7 nitrogen and oxygen atoms in total. The van der Waals surface area contributed by atoms with Gasteiger partial charge >= 0.3 is 19.2 Å². The molecule has 0 unspecified atom stereocenters. The van der Waals surface area contributed by atoms with Crippen LogP contribution in [0.3, 0.4) is 0 Å². The zero-order valence-electron chi connectivity index (χ0n) is 13.1. The predicted molar refractivity (Wildman–Crippen MR) is 83.9 cm³/mol. The van der Waals surface area contributed by atoms with E-state index in [1.54, 1.807) is 24.3 Å². The first-order valence-electron chi connectivity index (χ1n) is 6.94. The van der Waals surface area contributed by atoms with E-state index in [0.29, 0.717) is 5.69 Å². The summed E-state index contributed by atoms with van der Waals surface area (Å²) in [7, 11) is -0.460. The van der Waals surface area contributed by atoms with Crippen molar-refractivity contribution in [1.82, 2.24) is 5.32 Å². The lowest BCUT2D eigenvalue weighted by Gasteiger charge is -2.32. The van der Waals surface area contributed by atoms with Crippen molar-refractivity contribution in [2.75, 3.05) is 5.32 Å². The molecular weight excluding hydrogens is 285 g/mol. The third-order valence-electron chi connectivity index (χ3n) is 3.93. The normalized spacial score (nSPS) is 18.8. The zero-order valence-corrected chi connectivity index (χ0v) is 13.1. The number of imide groups is 1. The Labute approximate surface area is 129 Å². The molecule has 2 rings (SSSR count). The highest BCUT2D eigenvalue weighted by Crippen LogP contribution is 2.36. The summed E-state index contributed by atoms with van der Waals surface area (Å²) in [6.07, 6.45) is 0. The van der Waals surface area contributed by atoms with Crippen LogP contribution in [0.1, 0.15) is 27.7 Å². The summed E-state index contributed by atoms with van der Waals surface area (Å²) in [5.41, 5.74) is 5.42. The van der Waals surface area contributed by atoms with E-state index in [1.807, 2.05) is 33.0 Å². The average molecular weight is 305 g/mol. The quantitative estimate of drug-likeness (QED) is 0.714. The molecule has 1 aromatic rings. The van der Waals surface area contributed by atoms with Gasteiger partial charge in [0.05, 0.1) is 11.2 Å². The second kappa shape index (κ2) is 5.62. The Balaban J connectivity index is 2.04. The van der Waals surface area contributed by atoms with Crippen LogP contribution in [0, 0.1) is 0 Å². The largest absolute Gasteiger partial charge is 0.494 e. The Morgan fingerprint density at radius 1 is 1.05 bits per heavy atom. The van der Waals surface area contributed by atoms with Gasteiger partial charge in [-0.05, 0) is 45.3 Å². The van der Waals surface area contributed by atoms with Crippen LogP contribution in [0.4, 0.5) is 15.3 Å². The van der Waals surface area contributed by atoms with Gasteiger partial charge < -0.3 is 20.4 Å². The van der Waals surface area contributed by atoms with Crippen LogP contribution in [0.25, 0.3) is 0 Å². The highest BCUT2D eigenvalue weighted by atomic mass is 16.7. The minimum absolute atomic E-state index is 0.407. The van der Waals surface area contributed by atoms with E-state index >= 15 is 0 Å². The number of carbonyl (C=O) groups excluding carboxylic acids is 2. The van der Waals surface area contributed by atoms with Crippen molar-refractivity contribution in [2.24, 2.45) is 5.73 Å². The first kappa shape index (κ1) is 16.3. The van der Waals surface area contributed by atoms with Gasteiger partial charge in [-0.3, -0.25) is 5.32 Å². The fourth-order valence-corrected chi connectivity index (χ4v) is 1.98. The Morgan fingerprint density at radius 3 is 2.00 bits per heavy atom. The number of primary amides is 1. The molecule has 0 saturated carbocycles. The maximum Gasteiger partial charge on any atom is 0.494 e. The Morgan fingerprint density at radius 2 is 1.55 bits per heavy atom. The number of benzene rings is 1. The van der Waals surface area contributed by atoms with Gasteiger partial charge in [-0.25, -0.2) is 9.59 Å². The van der Waals surface area contributed by atoms with Crippen molar-refractivity contribution >= 4 is 30.3 Å². The molecule has 1 saturated heterocycles. The lowest BCUT2D eigenvalue weighted by atomic mass is 9.79. The van der Waals surface area contributed by atoms with Gasteiger partial charge in [0, 0.05) is 5.69 Å². The number of urea groups is 2. The topological polar surface area (TPSA) is 103 Å². The summed E-state index contributed by atoms with van der Waals surface area (Å²) in [6.45, 7) is 7.93. The van der Waals surface area contributed by atoms with E-state index in [9.17, 15) is 9.59 Å². The van der Waals surface area contributed by atoms with Crippen molar-refractivity contribution in [2.45, 2.75) is 38.9 Å². The van der Waals surface area contributed by atoms with Crippen LogP contribution in [0.5, 0.6) is 0 Å². The van der Waals surface area contributed by atoms with Crippen LogP contribution < -0.4 is 21.8 Å². The predicted octanol–water partition coefficient (Wildman–Crippen LogP) is 1.19. The molecule has 4 N–H and O–H groups in total. The van der Waals surface area contributed by atoms with Gasteiger partial charge in [-0.15, -0.1) is 0 Å². The van der Waals surface area contributed by atoms with Crippen molar-refractivity contribution in [3.05, 3.63) is 24.3 Å². The third-order valence-corrected chi connectivity index (χ3v) is 3.93. The van der Waals surface area contributed by atoms with E-state index < -0.39 is 30.4 Å². The Bertz CT molecular complexity index is 570. The van der Waals surface area contributed by atoms with E-state index in [2.05, 4.69) is 5.32 Å². The zero-order chi connectivity index (χ0) is 16.5. The average Bonchev–Trinajstić information content (AvgIpc) is 2.58. The van der Waals surface area contributed by atoms with Crippen LogP contribution in [0.2, 0.25) is 0 Å². The number of nitrogens with one attached hydrogen (secondary N) is 2. The molecule has 0 aromatic heterocycles. The number of carbonyl (C=O) groups is 2. The Kier molecular flexibility index (Phi) is 4.17. The molecular formula is C14H20BN3O4. The van der Waals surface area contributed by atoms with Gasteiger partial charge in [0.15, 0.2) is 0 Å². The van der Waals surface area contributed by atoms with Crippen molar-refractivity contribution in [3.8, 4) is 0 Å². The van der Waals surface area contributed by atoms with E-state index in [4.69, 9.17) is 15.0 Å². The lowest BCUT2D eigenvalue weighted by Crippen LogP contribution is -2.41. The molecule has 0 bridgehead atoms. The summed E-state index contributed by atoms with van der Waals surface area (Å²) in [4.78, 5) is 21.9. The summed E-state index contributed by atoms with van der Waals surface area (Å²) in [5, 5.41) is 4.41. The fourth-order valence-electron chi connectivity index (χ4n) is 1.98. The van der Waals surface area contributed by atoms with Gasteiger partial charge in [0.25, 0.3) is 0 Å². The fraction of sp³-hybridized carbons (Fsp3) is 0.429. The molecule has 22 heavy (non-hydrogen) atoms. The second-order valence-electron chi connectivity index (χ2n) is 6.15. The maximum atomic E-state index is 11.4. The maximum absolute atomic E-state index is 11.4. The van der Waals surface area contributed by atoms with Crippen molar-refractivity contribution < 1.29 is 18.9 Å². The van der Waals surface area contributed by atoms with Crippen LogP contribution in [-0.2, 0) is 9.31 Å². The van der Waals surface area contributed by atoms with Crippen LogP contribution in [-0.4, -0.2) is 30.4 Å². The number of hydrogen-bond acceptors (Lipinski definition) is 4. The highest BCUT2D eigenvalue weighted by molar-refractivity contribution is 6.62. The smallest absolute Gasteiger partial charge is 0.399 e. The summed E-state index contributed by atoms with van der Waals surface area (Å²) < 4.78 is 11.9. The molecule has 118 valence electrons.